The fraction of sp³-hybridized carbons (Fsp3) is 0. The number of rotatable bonds is 2. The predicted molar refractivity (Wildman–Crippen MR) is 128 cm³/mol. The van der Waals surface area contributed by atoms with Crippen LogP contribution < -0.4 is 0 Å². The Labute approximate surface area is 179 Å². The molecule has 0 fully saturated rings. The molecule has 0 aliphatic carbocycles. The van der Waals surface area contributed by atoms with Crippen molar-refractivity contribution >= 4 is 46.5 Å². The lowest BCUT2D eigenvalue weighted by molar-refractivity contribution is 1.07. The standard InChI is InChI=1S/C26H19N3S/c1-18-15-16-22-21-12-5-7-13-23(21)29(17-28-25(27)19-9-3-2-4-10-19)26(22)30-24-14-8-6-11-20(18)24/h2-17,27H,1H2/b16-15-,27-25?,28-17+. The molecule has 4 heteroatoms. The van der Waals surface area contributed by atoms with Crippen molar-refractivity contribution < 1.29 is 0 Å². The van der Waals surface area contributed by atoms with Crippen LogP contribution >= 0.6 is 11.8 Å². The van der Waals surface area contributed by atoms with Crippen LogP contribution in [0.5, 0.6) is 0 Å². The maximum Gasteiger partial charge on any atom is 0.153 e. The van der Waals surface area contributed by atoms with Crippen LogP contribution in [0, 0.1) is 5.41 Å². The Morgan fingerprint density at radius 2 is 1.63 bits per heavy atom. The lowest BCUT2D eigenvalue weighted by Gasteiger charge is -2.13. The molecule has 0 bridgehead atoms. The number of amidine groups is 1. The Balaban J connectivity index is 1.68. The van der Waals surface area contributed by atoms with Gasteiger partial charge >= 0.3 is 0 Å². The normalized spacial score (nSPS) is 14.2. The summed E-state index contributed by atoms with van der Waals surface area (Å²) >= 11 is 1.71. The first-order valence-electron chi connectivity index (χ1n) is 9.68. The summed E-state index contributed by atoms with van der Waals surface area (Å²) in [5.41, 5.74) is 5.13. The second-order valence-electron chi connectivity index (χ2n) is 7.02. The Kier molecular flexibility index (Phi) is 4.69. The summed E-state index contributed by atoms with van der Waals surface area (Å²) in [6.07, 6.45) is 5.98. The number of nitrogens with one attached hydrogen (secondary N) is 1. The summed E-state index contributed by atoms with van der Waals surface area (Å²) in [5, 5.41) is 10.6. The van der Waals surface area contributed by atoms with Crippen LogP contribution in [0.2, 0.25) is 0 Å². The highest BCUT2D eigenvalue weighted by Crippen LogP contribution is 2.42. The molecule has 0 saturated heterocycles. The Morgan fingerprint density at radius 1 is 0.900 bits per heavy atom. The van der Waals surface area contributed by atoms with Crippen molar-refractivity contribution in [2.75, 3.05) is 0 Å². The first kappa shape index (κ1) is 18.4. The molecule has 4 aromatic rings. The molecule has 0 amide bonds. The van der Waals surface area contributed by atoms with Gasteiger partial charge < -0.3 is 0 Å². The summed E-state index contributed by atoms with van der Waals surface area (Å²) in [5.74, 6) is 0.238. The van der Waals surface area contributed by atoms with E-state index in [0.717, 1.165) is 43.1 Å². The van der Waals surface area contributed by atoms with Gasteiger partial charge in [0.1, 0.15) is 6.34 Å². The van der Waals surface area contributed by atoms with Gasteiger partial charge in [-0.2, -0.15) is 0 Å². The fourth-order valence-electron chi connectivity index (χ4n) is 3.63. The number of fused-ring (bicyclic) bond motifs is 4. The number of hydrogen-bond donors (Lipinski definition) is 1. The second-order valence-corrected chi connectivity index (χ2v) is 8.05. The van der Waals surface area contributed by atoms with Crippen molar-refractivity contribution in [3.63, 3.8) is 0 Å². The van der Waals surface area contributed by atoms with Gasteiger partial charge in [0.2, 0.25) is 0 Å². The minimum atomic E-state index is 0.238. The molecule has 1 aliphatic heterocycles. The van der Waals surface area contributed by atoms with Crippen molar-refractivity contribution in [2.24, 2.45) is 4.99 Å². The highest BCUT2D eigenvalue weighted by Gasteiger charge is 2.19. The monoisotopic (exact) mass is 405 g/mol. The van der Waals surface area contributed by atoms with Crippen molar-refractivity contribution in [3.8, 4) is 0 Å². The number of nitrogens with zero attached hydrogens (tertiary/aromatic N) is 2. The SMILES string of the molecule is C=C1/C=C\c2c(n(/C=N/C(=N)c3ccccc3)c3ccccc23)Sc2ccccc21. The molecule has 30 heavy (non-hydrogen) atoms. The first-order chi connectivity index (χ1) is 14.7. The number of aliphatic imine (C=N–C) groups is 1. The number of benzene rings is 3. The molecule has 0 atom stereocenters. The Hall–Kier alpha value is -3.63. The first-order valence-corrected chi connectivity index (χ1v) is 10.5. The molecule has 0 radical (unpaired) electrons. The second kappa shape index (κ2) is 7.65. The maximum absolute atomic E-state index is 8.36. The quantitative estimate of drug-likeness (QED) is 0.291. The molecule has 1 N–H and O–H groups in total. The highest BCUT2D eigenvalue weighted by atomic mass is 32.2. The summed E-state index contributed by atoms with van der Waals surface area (Å²) in [6, 6.07) is 26.2. The smallest absolute Gasteiger partial charge is 0.153 e. The van der Waals surface area contributed by atoms with E-state index in [4.69, 9.17) is 5.41 Å². The number of allylic oxidation sites excluding steroid dienone is 2. The van der Waals surface area contributed by atoms with Crippen molar-refractivity contribution in [3.05, 3.63) is 108 Å². The molecule has 3 nitrogen and oxygen atoms in total. The average Bonchev–Trinajstić information content (AvgIpc) is 3.07. The summed E-state index contributed by atoms with van der Waals surface area (Å²) < 4.78 is 2.09. The Bertz CT molecular complexity index is 1340. The molecule has 144 valence electrons. The minimum Gasteiger partial charge on any atom is -0.294 e. The van der Waals surface area contributed by atoms with E-state index >= 15 is 0 Å². The van der Waals surface area contributed by atoms with Crippen LogP contribution in [-0.4, -0.2) is 16.7 Å². The van der Waals surface area contributed by atoms with Crippen molar-refractivity contribution in [2.45, 2.75) is 9.92 Å². The topological polar surface area (TPSA) is 41.1 Å². The van der Waals surface area contributed by atoms with Gasteiger partial charge in [-0.15, -0.1) is 0 Å². The van der Waals surface area contributed by atoms with E-state index in [9.17, 15) is 0 Å². The van der Waals surface area contributed by atoms with Gasteiger partial charge in [0.15, 0.2) is 5.84 Å². The molecule has 5 rings (SSSR count). The zero-order valence-electron chi connectivity index (χ0n) is 16.2. The van der Waals surface area contributed by atoms with E-state index in [2.05, 4.69) is 64.7 Å². The van der Waals surface area contributed by atoms with Crippen LogP contribution in [0.3, 0.4) is 0 Å². The molecule has 2 heterocycles. The van der Waals surface area contributed by atoms with E-state index in [1.807, 2.05) is 42.5 Å². The molecule has 1 aliphatic rings. The van der Waals surface area contributed by atoms with Crippen LogP contribution in [0.1, 0.15) is 16.7 Å². The number of para-hydroxylation sites is 1. The van der Waals surface area contributed by atoms with Crippen LogP contribution in [0.15, 0.2) is 106 Å². The molecular formula is C26H19N3S. The summed E-state index contributed by atoms with van der Waals surface area (Å²) in [7, 11) is 0. The van der Waals surface area contributed by atoms with E-state index in [1.165, 1.54) is 0 Å². The molecule has 1 aromatic heterocycles. The van der Waals surface area contributed by atoms with Gasteiger partial charge in [0.05, 0.1) is 10.5 Å². The lowest BCUT2D eigenvalue weighted by Crippen LogP contribution is -2.02. The Morgan fingerprint density at radius 3 is 2.50 bits per heavy atom. The van der Waals surface area contributed by atoms with E-state index < -0.39 is 0 Å². The summed E-state index contributed by atoms with van der Waals surface area (Å²) in [6.45, 7) is 4.25. The van der Waals surface area contributed by atoms with Gasteiger partial charge in [-0.1, -0.05) is 97.2 Å². The van der Waals surface area contributed by atoms with Crippen molar-refractivity contribution in [1.29, 1.82) is 5.41 Å². The molecule has 0 unspecified atom stereocenters. The fourth-order valence-corrected chi connectivity index (χ4v) is 4.83. The average molecular weight is 406 g/mol. The van der Waals surface area contributed by atoms with Gasteiger partial charge in [0.25, 0.3) is 0 Å². The van der Waals surface area contributed by atoms with Gasteiger partial charge in [0, 0.05) is 21.4 Å². The molecule has 3 aromatic carbocycles. The van der Waals surface area contributed by atoms with Crippen LogP contribution in [0.25, 0.3) is 22.6 Å². The number of hydrogen-bond acceptors (Lipinski definition) is 2. The third kappa shape index (κ3) is 3.21. The zero-order valence-corrected chi connectivity index (χ0v) is 17.1. The van der Waals surface area contributed by atoms with E-state index in [0.29, 0.717) is 0 Å². The third-order valence-corrected chi connectivity index (χ3v) is 6.33. The largest absolute Gasteiger partial charge is 0.294 e. The van der Waals surface area contributed by atoms with Gasteiger partial charge in [-0.05, 0) is 23.3 Å². The van der Waals surface area contributed by atoms with Crippen LogP contribution in [0.4, 0.5) is 0 Å². The number of aromatic nitrogens is 1. The van der Waals surface area contributed by atoms with E-state index in [-0.39, 0.29) is 5.84 Å². The van der Waals surface area contributed by atoms with Crippen molar-refractivity contribution in [1.82, 2.24) is 4.57 Å². The van der Waals surface area contributed by atoms with Crippen LogP contribution in [-0.2, 0) is 0 Å². The predicted octanol–water partition coefficient (Wildman–Crippen LogP) is 6.73. The summed E-state index contributed by atoms with van der Waals surface area (Å²) in [4.78, 5) is 5.64. The van der Waals surface area contributed by atoms with E-state index in [1.54, 1.807) is 18.1 Å². The zero-order chi connectivity index (χ0) is 20.5. The lowest BCUT2D eigenvalue weighted by atomic mass is 10.1. The van der Waals surface area contributed by atoms with Gasteiger partial charge in [-0.25, -0.2) is 4.99 Å². The van der Waals surface area contributed by atoms with Gasteiger partial charge in [-0.3, -0.25) is 9.98 Å². The highest BCUT2D eigenvalue weighted by molar-refractivity contribution is 7.99. The molecule has 0 saturated carbocycles. The minimum absolute atomic E-state index is 0.238. The third-order valence-electron chi connectivity index (χ3n) is 5.14. The molecule has 0 spiro atoms. The maximum atomic E-state index is 8.36. The molecular weight excluding hydrogens is 386 g/mol.